The lowest BCUT2D eigenvalue weighted by atomic mass is 9.96. The average Bonchev–Trinajstić information content (AvgIpc) is 2.75. The molecule has 6 nitrogen and oxygen atoms in total. The van der Waals surface area contributed by atoms with Crippen molar-refractivity contribution in [3.8, 4) is 11.5 Å². The summed E-state index contributed by atoms with van der Waals surface area (Å²) in [4.78, 5) is 26.4. The molecule has 29 heavy (non-hydrogen) atoms. The molecule has 1 fully saturated rings. The number of benzene rings is 2. The molecule has 1 unspecified atom stereocenters. The van der Waals surface area contributed by atoms with Gasteiger partial charge in [0.2, 0.25) is 5.91 Å². The van der Waals surface area contributed by atoms with Gasteiger partial charge in [-0.05, 0) is 63.1 Å². The van der Waals surface area contributed by atoms with E-state index in [1.54, 1.807) is 0 Å². The number of para-hydroxylation sites is 1. The van der Waals surface area contributed by atoms with E-state index in [1.165, 1.54) is 0 Å². The van der Waals surface area contributed by atoms with Crippen molar-refractivity contribution >= 4 is 17.6 Å². The van der Waals surface area contributed by atoms with Gasteiger partial charge in [-0.1, -0.05) is 18.2 Å². The molecule has 3 rings (SSSR count). The molecule has 1 saturated heterocycles. The van der Waals surface area contributed by atoms with Gasteiger partial charge in [0.05, 0.1) is 12.5 Å². The van der Waals surface area contributed by atoms with Gasteiger partial charge in [-0.2, -0.15) is 0 Å². The fraction of sp³-hybridized carbons (Fsp3) is 0.391. The summed E-state index contributed by atoms with van der Waals surface area (Å²) in [5.41, 5.74) is 0.854. The minimum atomic E-state index is -0.352. The number of anilines is 1. The Kier molecular flexibility index (Phi) is 7.11. The number of nitrogens with zero attached hydrogens (tertiary/aromatic N) is 1. The SMILES string of the molecule is CCOC(=O)C1CCN(C(=O)C(C)Nc2ccc(Oc3ccccc3)cc2)CC1. The van der Waals surface area contributed by atoms with Crippen LogP contribution in [-0.2, 0) is 14.3 Å². The first-order chi connectivity index (χ1) is 14.1. The summed E-state index contributed by atoms with van der Waals surface area (Å²) in [5.74, 6) is 1.31. The van der Waals surface area contributed by atoms with E-state index in [4.69, 9.17) is 9.47 Å². The summed E-state index contributed by atoms with van der Waals surface area (Å²) >= 11 is 0. The maximum Gasteiger partial charge on any atom is 0.309 e. The molecule has 1 amide bonds. The summed E-state index contributed by atoms with van der Waals surface area (Å²) in [5, 5.41) is 3.25. The Morgan fingerprint density at radius 2 is 1.66 bits per heavy atom. The maximum atomic E-state index is 12.7. The summed E-state index contributed by atoms with van der Waals surface area (Å²) in [7, 11) is 0. The van der Waals surface area contributed by atoms with E-state index in [0.717, 1.165) is 17.2 Å². The highest BCUT2D eigenvalue weighted by molar-refractivity contribution is 5.84. The predicted molar refractivity (Wildman–Crippen MR) is 112 cm³/mol. The third kappa shape index (κ3) is 5.73. The molecule has 0 aromatic heterocycles. The molecule has 1 N–H and O–H groups in total. The highest BCUT2D eigenvalue weighted by Crippen LogP contribution is 2.24. The third-order valence-electron chi connectivity index (χ3n) is 5.01. The van der Waals surface area contributed by atoms with Crippen molar-refractivity contribution in [1.29, 1.82) is 0 Å². The summed E-state index contributed by atoms with van der Waals surface area (Å²) < 4.78 is 10.9. The molecule has 2 aromatic rings. The van der Waals surface area contributed by atoms with E-state index in [0.29, 0.717) is 32.5 Å². The summed E-state index contributed by atoms with van der Waals surface area (Å²) in [6, 6.07) is 16.8. The Balaban J connectivity index is 1.49. The van der Waals surface area contributed by atoms with Crippen LogP contribution in [0.5, 0.6) is 11.5 Å². The van der Waals surface area contributed by atoms with Crippen molar-refractivity contribution in [3.63, 3.8) is 0 Å². The number of hydrogen-bond acceptors (Lipinski definition) is 5. The Bertz CT molecular complexity index is 799. The zero-order valence-corrected chi connectivity index (χ0v) is 17.0. The predicted octanol–water partition coefficient (Wildman–Crippen LogP) is 4.08. The molecule has 6 heteroatoms. The van der Waals surface area contributed by atoms with E-state index in [9.17, 15) is 9.59 Å². The topological polar surface area (TPSA) is 67.9 Å². The van der Waals surface area contributed by atoms with E-state index in [-0.39, 0.29) is 23.8 Å². The van der Waals surface area contributed by atoms with Crippen molar-refractivity contribution < 1.29 is 19.1 Å². The third-order valence-corrected chi connectivity index (χ3v) is 5.01. The lowest BCUT2D eigenvalue weighted by molar-refractivity contribution is -0.151. The number of amides is 1. The minimum Gasteiger partial charge on any atom is -0.466 e. The molecule has 1 aliphatic heterocycles. The first-order valence-electron chi connectivity index (χ1n) is 10.1. The number of ether oxygens (including phenoxy) is 2. The fourth-order valence-electron chi connectivity index (χ4n) is 3.43. The molecule has 1 heterocycles. The van der Waals surface area contributed by atoms with E-state index < -0.39 is 0 Å². The lowest BCUT2D eigenvalue weighted by Gasteiger charge is -2.33. The number of likely N-dealkylation sites (tertiary alicyclic amines) is 1. The first kappa shape index (κ1) is 20.7. The monoisotopic (exact) mass is 396 g/mol. The largest absolute Gasteiger partial charge is 0.466 e. The van der Waals surface area contributed by atoms with Gasteiger partial charge < -0.3 is 19.7 Å². The Morgan fingerprint density at radius 3 is 2.28 bits per heavy atom. The van der Waals surface area contributed by atoms with Gasteiger partial charge in [0.25, 0.3) is 0 Å². The molecule has 1 atom stereocenters. The highest BCUT2D eigenvalue weighted by atomic mass is 16.5. The van der Waals surface area contributed by atoms with Crippen LogP contribution in [-0.4, -0.2) is 42.5 Å². The van der Waals surface area contributed by atoms with Gasteiger partial charge >= 0.3 is 5.97 Å². The van der Waals surface area contributed by atoms with Crippen molar-refractivity contribution in [2.24, 2.45) is 5.92 Å². The van der Waals surface area contributed by atoms with E-state index in [1.807, 2.05) is 73.3 Å². The van der Waals surface area contributed by atoms with Gasteiger partial charge in [-0.15, -0.1) is 0 Å². The van der Waals surface area contributed by atoms with Crippen molar-refractivity contribution in [2.45, 2.75) is 32.7 Å². The van der Waals surface area contributed by atoms with Crippen LogP contribution in [0.3, 0.4) is 0 Å². The molecule has 0 spiro atoms. The number of hydrogen-bond donors (Lipinski definition) is 1. The normalized spacial score (nSPS) is 15.4. The average molecular weight is 396 g/mol. The molecule has 0 aliphatic carbocycles. The van der Waals surface area contributed by atoms with Crippen molar-refractivity contribution in [2.75, 3.05) is 25.0 Å². The van der Waals surface area contributed by atoms with E-state index >= 15 is 0 Å². The van der Waals surface area contributed by atoms with Gasteiger partial charge in [-0.3, -0.25) is 9.59 Å². The Morgan fingerprint density at radius 1 is 1.03 bits per heavy atom. The highest BCUT2D eigenvalue weighted by Gasteiger charge is 2.30. The lowest BCUT2D eigenvalue weighted by Crippen LogP contribution is -2.46. The Labute approximate surface area is 171 Å². The summed E-state index contributed by atoms with van der Waals surface area (Å²) in [6.45, 7) is 5.23. The molecule has 0 radical (unpaired) electrons. The van der Waals surface area contributed by atoms with Crippen LogP contribution in [0, 0.1) is 5.92 Å². The number of piperidine rings is 1. The van der Waals surface area contributed by atoms with Crippen LogP contribution in [0.15, 0.2) is 54.6 Å². The zero-order valence-electron chi connectivity index (χ0n) is 17.0. The van der Waals surface area contributed by atoms with E-state index in [2.05, 4.69) is 5.32 Å². The molecule has 2 aromatic carbocycles. The molecule has 154 valence electrons. The first-order valence-corrected chi connectivity index (χ1v) is 10.1. The molecule has 0 bridgehead atoms. The van der Waals surface area contributed by atoms with Gasteiger partial charge in [-0.25, -0.2) is 0 Å². The molecular formula is C23H28N2O4. The number of carbonyl (C=O) groups excluding carboxylic acids is 2. The smallest absolute Gasteiger partial charge is 0.309 e. The van der Waals surface area contributed by atoms with Gasteiger partial charge in [0.15, 0.2) is 0 Å². The van der Waals surface area contributed by atoms with Crippen LogP contribution in [0.25, 0.3) is 0 Å². The number of rotatable bonds is 7. The maximum absolute atomic E-state index is 12.7. The molecule has 0 saturated carbocycles. The van der Waals surface area contributed by atoms with Crippen LogP contribution in [0.4, 0.5) is 5.69 Å². The van der Waals surface area contributed by atoms with Crippen molar-refractivity contribution in [3.05, 3.63) is 54.6 Å². The summed E-state index contributed by atoms with van der Waals surface area (Å²) in [6.07, 6.45) is 1.31. The number of nitrogens with one attached hydrogen (secondary N) is 1. The minimum absolute atomic E-state index is 0.0388. The quantitative estimate of drug-likeness (QED) is 0.714. The second kappa shape index (κ2) is 9.96. The molecule has 1 aliphatic rings. The Hall–Kier alpha value is -3.02. The second-order valence-corrected chi connectivity index (χ2v) is 7.16. The van der Waals surface area contributed by atoms with Crippen LogP contribution in [0.1, 0.15) is 26.7 Å². The second-order valence-electron chi connectivity index (χ2n) is 7.16. The zero-order chi connectivity index (χ0) is 20.6. The fourth-order valence-corrected chi connectivity index (χ4v) is 3.43. The van der Waals surface area contributed by atoms with Crippen LogP contribution in [0.2, 0.25) is 0 Å². The number of carbonyl (C=O) groups is 2. The van der Waals surface area contributed by atoms with Crippen molar-refractivity contribution in [1.82, 2.24) is 4.90 Å². The van der Waals surface area contributed by atoms with Crippen LogP contribution >= 0.6 is 0 Å². The number of esters is 1. The standard InChI is InChI=1S/C23H28N2O4/c1-3-28-23(27)18-13-15-25(16-14-18)22(26)17(2)24-19-9-11-21(12-10-19)29-20-7-5-4-6-8-20/h4-12,17-18,24H,3,13-16H2,1-2H3. The van der Waals surface area contributed by atoms with Gasteiger partial charge in [0, 0.05) is 18.8 Å². The molecular weight excluding hydrogens is 368 g/mol. The van der Waals surface area contributed by atoms with Gasteiger partial charge in [0.1, 0.15) is 17.5 Å². The van der Waals surface area contributed by atoms with Crippen LogP contribution < -0.4 is 10.1 Å².